The lowest BCUT2D eigenvalue weighted by molar-refractivity contribution is 0.928. The molecule has 0 radical (unpaired) electrons. The Labute approximate surface area is 99.7 Å². The largest absolute Gasteiger partial charge is 0.231 e. The van der Waals surface area contributed by atoms with Crippen LogP contribution in [-0.2, 0) is 0 Å². The van der Waals surface area contributed by atoms with Crippen LogP contribution in [0.1, 0.15) is 5.82 Å². The monoisotopic (exact) mass is 282 g/mol. The van der Waals surface area contributed by atoms with Crippen LogP contribution >= 0.6 is 27.7 Å². The van der Waals surface area contributed by atoms with E-state index in [2.05, 4.69) is 35.9 Å². The molecule has 0 spiro atoms. The first-order chi connectivity index (χ1) is 7.24. The van der Waals surface area contributed by atoms with Gasteiger partial charge in [0, 0.05) is 18.5 Å². The zero-order valence-corrected chi connectivity index (χ0v) is 10.3. The molecule has 0 fully saturated rings. The standard InChI is InChI=1S/C9H7BrN4S/c1-6-13-7(10)5-8(14-6)15-9-11-3-2-4-12-9/h2-5H,1H3. The molecule has 0 N–H and O–H groups in total. The summed E-state index contributed by atoms with van der Waals surface area (Å²) in [7, 11) is 0. The van der Waals surface area contributed by atoms with Crippen LogP contribution in [0.15, 0.2) is 39.3 Å². The summed E-state index contributed by atoms with van der Waals surface area (Å²) in [6.45, 7) is 1.85. The van der Waals surface area contributed by atoms with Crippen LogP contribution in [0.2, 0.25) is 0 Å². The van der Waals surface area contributed by atoms with Crippen molar-refractivity contribution in [3.63, 3.8) is 0 Å². The summed E-state index contributed by atoms with van der Waals surface area (Å²) >= 11 is 4.73. The van der Waals surface area contributed by atoms with Gasteiger partial charge < -0.3 is 0 Å². The molecule has 0 bridgehead atoms. The van der Waals surface area contributed by atoms with Crippen LogP contribution < -0.4 is 0 Å². The zero-order chi connectivity index (χ0) is 10.7. The van der Waals surface area contributed by atoms with E-state index in [4.69, 9.17) is 0 Å². The molecule has 0 amide bonds. The van der Waals surface area contributed by atoms with Crippen molar-refractivity contribution in [1.29, 1.82) is 0 Å². The number of rotatable bonds is 2. The summed E-state index contributed by atoms with van der Waals surface area (Å²) < 4.78 is 0.772. The van der Waals surface area contributed by atoms with Gasteiger partial charge in [0.25, 0.3) is 0 Å². The molecule has 0 saturated carbocycles. The number of nitrogens with zero attached hydrogens (tertiary/aromatic N) is 4. The van der Waals surface area contributed by atoms with E-state index in [1.54, 1.807) is 18.5 Å². The molecule has 4 nitrogen and oxygen atoms in total. The topological polar surface area (TPSA) is 51.6 Å². The first kappa shape index (κ1) is 10.5. The van der Waals surface area contributed by atoms with Gasteiger partial charge in [-0.1, -0.05) is 0 Å². The van der Waals surface area contributed by atoms with Crippen LogP contribution in [0, 0.1) is 6.92 Å². The Morgan fingerprint density at radius 2 is 1.93 bits per heavy atom. The van der Waals surface area contributed by atoms with Crippen LogP contribution in [0.25, 0.3) is 0 Å². The summed E-state index contributed by atoms with van der Waals surface area (Å²) in [4.78, 5) is 16.6. The van der Waals surface area contributed by atoms with Gasteiger partial charge in [-0.25, -0.2) is 19.9 Å². The summed E-state index contributed by atoms with van der Waals surface area (Å²) in [5, 5.41) is 1.52. The van der Waals surface area contributed by atoms with Crippen LogP contribution in [0.3, 0.4) is 0 Å². The van der Waals surface area contributed by atoms with Crippen LogP contribution in [0.4, 0.5) is 0 Å². The van der Waals surface area contributed by atoms with Crippen molar-refractivity contribution >= 4 is 27.7 Å². The SMILES string of the molecule is Cc1nc(Br)cc(Sc2ncccn2)n1. The summed E-state index contributed by atoms with van der Waals surface area (Å²) in [5.41, 5.74) is 0. The van der Waals surface area contributed by atoms with Crippen molar-refractivity contribution < 1.29 is 0 Å². The van der Waals surface area contributed by atoms with E-state index in [-0.39, 0.29) is 0 Å². The predicted octanol–water partition coefficient (Wildman–Crippen LogP) is 2.49. The number of aromatic nitrogens is 4. The third-order valence-corrected chi connectivity index (χ3v) is 2.74. The van der Waals surface area contributed by atoms with Crippen LogP contribution in [-0.4, -0.2) is 19.9 Å². The highest BCUT2D eigenvalue weighted by atomic mass is 79.9. The molecule has 0 saturated heterocycles. The molecule has 76 valence electrons. The lowest BCUT2D eigenvalue weighted by atomic mass is 10.6. The minimum atomic E-state index is 0.683. The van der Waals surface area contributed by atoms with Gasteiger partial charge in [0.15, 0.2) is 5.16 Å². The van der Waals surface area contributed by atoms with E-state index in [1.165, 1.54) is 11.8 Å². The molecule has 15 heavy (non-hydrogen) atoms. The maximum absolute atomic E-state index is 4.27. The smallest absolute Gasteiger partial charge is 0.193 e. The van der Waals surface area contributed by atoms with Gasteiger partial charge in [-0.3, -0.25) is 0 Å². The summed E-state index contributed by atoms with van der Waals surface area (Å²) in [5.74, 6) is 0.725. The Bertz CT molecular complexity index is 443. The Morgan fingerprint density at radius 1 is 1.20 bits per heavy atom. The number of halogens is 1. The summed E-state index contributed by atoms with van der Waals surface area (Å²) in [6.07, 6.45) is 3.41. The summed E-state index contributed by atoms with van der Waals surface area (Å²) in [6, 6.07) is 3.62. The molecular weight excluding hydrogens is 276 g/mol. The quantitative estimate of drug-likeness (QED) is 0.626. The van der Waals surface area contributed by atoms with E-state index in [1.807, 2.05) is 13.0 Å². The molecule has 0 unspecified atom stereocenters. The van der Waals surface area contributed by atoms with Crippen LogP contribution in [0.5, 0.6) is 0 Å². The fourth-order valence-corrected chi connectivity index (χ4v) is 2.38. The van der Waals surface area contributed by atoms with Gasteiger partial charge in [0.05, 0.1) is 0 Å². The highest BCUT2D eigenvalue weighted by molar-refractivity contribution is 9.10. The normalized spacial score (nSPS) is 10.3. The second-order valence-corrected chi connectivity index (χ2v) is 4.51. The average Bonchev–Trinajstić information content (AvgIpc) is 2.17. The Kier molecular flexibility index (Phi) is 3.27. The molecule has 2 aromatic rings. The van der Waals surface area contributed by atoms with Gasteiger partial charge >= 0.3 is 0 Å². The maximum atomic E-state index is 4.27. The third kappa shape index (κ3) is 2.97. The Balaban J connectivity index is 2.25. The lowest BCUT2D eigenvalue weighted by Crippen LogP contribution is -1.91. The molecule has 6 heteroatoms. The Hall–Kier alpha value is -1.01. The maximum Gasteiger partial charge on any atom is 0.193 e. The molecule has 2 rings (SSSR count). The van der Waals surface area contributed by atoms with Crippen molar-refractivity contribution in [3.05, 3.63) is 35.0 Å². The third-order valence-electron chi connectivity index (χ3n) is 1.52. The van der Waals surface area contributed by atoms with Crippen molar-refractivity contribution in [2.45, 2.75) is 17.1 Å². The van der Waals surface area contributed by atoms with Gasteiger partial charge in [0.1, 0.15) is 15.5 Å². The first-order valence-electron chi connectivity index (χ1n) is 4.20. The van der Waals surface area contributed by atoms with E-state index >= 15 is 0 Å². The van der Waals surface area contributed by atoms with Crippen molar-refractivity contribution in [2.75, 3.05) is 0 Å². The predicted molar refractivity (Wildman–Crippen MR) is 60.6 cm³/mol. The van der Waals surface area contributed by atoms with E-state index in [0.29, 0.717) is 5.16 Å². The molecule has 0 aliphatic rings. The molecule has 0 atom stereocenters. The Morgan fingerprint density at radius 3 is 2.60 bits per heavy atom. The van der Waals surface area contributed by atoms with Crippen molar-refractivity contribution in [3.8, 4) is 0 Å². The second kappa shape index (κ2) is 4.67. The molecular formula is C9H7BrN4S. The molecule has 2 aromatic heterocycles. The van der Waals surface area contributed by atoms with Crippen molar-refractivity contribution in [1.82, 2.24) is 19.9 Å². The number of hydrogen-bond donors (Lipinski definition) is 0. The van der Waals surface area contributed by atoms with Gasteiger partial charge in [-0.15, -0.1) is 0 Å². The van der Waals surface area contributed by atoms with Gasteiger partial charge in [0.2, 0.25) is 0 Å². The fraction of sp³-hybridized carbons (Fsp3) is 0.111. The minimum Gasteiger partial charge on any atom is -0.231 e. The number of aryl methyl sites for hydroxylation is 1. The fourth-order valence-electron chi connectivity index (χ4n) is 0.989. The zero-order valence-electron chi connectivity index (χ0n) is 7.88. The molecule has 2 heterocycles. The van der Waals surface area contributed by atoms with Gasteiger partial charge in [-0.2, -0.15) is 0 Å². The van der Waals surface area contributed by atoms with E-state index in [0.717, 1.165) is 15.5 Å². The highest BCUT2D eigenvalue weighted by Crippen LogP contribution is 2.23. The number of hydrogen-bond acceptors (Lipinski definition) is 5. The van der Waals surface area contributed by atoms with Crippen molar-refractivity contribution in [2.24, 2.45) is 0 Å². The lowest BCUT2D eigenvalue weighted by Gasteiger charge is -2.00. The highest BCUT2D eigenvalue weighted by Gasteiger charge is 2.03. The van der Waals surface area contributed by atoms with Gasteiger partial charge in [-0.05, 0) is 40.7 Å². The molecule has 0 aromatic carbocycles. The second-order valence-electron chi connectivity index (χ2n) is 2.71. The molecule has 0 aliphatic heterocycles. The average molecular weight is 283 g/mol. The van der Waals surface area contributed by atoms with E-state index < -0.39 is 0 Å². The molecule has 0 aliphatic carbocycles. The first-order valence-corrected chi connectivity index (χ1v) is 5.81. The minimum absolute atomic E-state index is 0.683. The van der Waals surface area contributed by atoms with E-state index in [9.17, 15) is 0 Å².